The Balaban J connectivity index is 3.43. The van der Waals surface area contributed by atoms with Crippen molar-refractivity contribution in [1.29, 1.82) is 0 Å². The number of esters is 2. The van der Waals surface area contributed by atoms with Gasteiger partial charge in [0.25, 0.3) is 0 Å². The molecule has 0 bridgehead atoms. The SMILES string of the molecule is CCC(=O)OC#CCCOC(=O)CC. The summed E-state index contributed by atoms with van der Waals surface area (Å²) in [6, 6.07) is 0. The quantitative estimate of drug-likeness (QED) is 0.387. The summed E-state index contributed by atoms with van der Waals surface area (Å²) in [5.74, 6) is 1.95. The van der Waals surface area contributed by atoms with E-state index in [9.17, 15) is 9.59 Å². The smallest absolute Gasteiger partial charge is 0.319 e. The molecule has 0 aromatic heterocycles. The first-order valence-corrected chi connectivity index (χ1v) is 4.53. The third-order valence-corrected chi connectivity index (χ3v) is 1.30. The van der Waals surface area contributed by atoms with Gasteiger partial charge in [0.05, 0.1) is 0 Å². The van der Waals surface area contributed by atoms with E-state index < -0.39 is 0 Å². The van der Waals surface area contributed by atoms with Gasteiger partial charge in [-0.15, -0.1) is 0 Å². The molecular weight excluding hydrogens is 184 g/mol. The van der Waals surface area contributed by atoms with Crippen molar-refractivity contribution >= 4 is 11.9 Å². The number of carbonyl (C=O) groups excluding carboxylic acids is 2. The van der Waals surface area contributed by atoms with Gasteiger partial charge in [-0.05, 0) is 0 Å². The van der Waals surface area contributed by atoms with Crippen LogP contribution in [-0.2, 0) is 19.1 Å². The molecule has 0 aromatic carbocycles. The van der Waals surface area contributed by atoms with Crippen molar-refractivity contribution in [2.75, 3.05) is 6.61 Å². The fourth-order valence-electron chi connectivity index (χ4n) is 0.534. The van der Waals surface area contributed by atoms with Crippen molar-refractivity contribution in [2.45, 2.75) is 33.1 Å². The van der Waals surface area contributed by atoms with Crippen molar-refractivity contribution in [3.63, 3.8) is 0 Å². The highest BCUT2D eigenvalue weighted by Gasteiger charge is 1.95. The first-order valence-electron chi connectivity index (χ1n) is 4.53. The Kier molecular flexibility index (Phi) is 7.24. The molecule has 0 saturated carbocycles. The fourth-order valence-corrected chi connectivity index (χ4v) is 0.534. The highest BCUT2D eigenvalue weighted by atomic mass is 16.5. The lowest BCUT2D eigenvalue weighted by atomic mass is 10.4. The minimum atomic E-state index is -0.358. The summed E-state index contributed by atoms with van der Waals surface area (Å²) in [5, 5.41) is 0. The molecule has 0 aromatic rings. The summed E-state index contributed by atoms with van der Waals surface area (Å²) in [6.45, 7) is 3.65. The summed E-state index contributed by atoms with van der Waals surface area (Å²) in [4.78, 5) is 21.2. The van der Waals surface area contributed by atoms with Crippen LogP contribution >= 0.6 is 0 Å². The van der Waals surface area contributed by atoms with Gasteiger partial charge in [0.15, 0.2) is 0 Å². The van der Waals surface area contributed by atoms with Crippen LogP contribution in [0.3, 0.4) is 0 Å². The van der Waals surface area contributed by atoms with Gasteiger partial charge in [-0.2, -0.15) is 0 Å². The average Bonchev–Trinajstić information content (AvgIpc) is 2.22. The zero-order valence-electron chi connectivity index (χ0n) is 8.46. The normalized spacial score (nSPS) is 8.43. The van der Waals surface area contributed by atoms with Crippen molar-refractivity contribution < 1.29 is 19.1 Å². The summed E-state index contributed by atoms with van der Waals surface area (Å²) in [6.07, 6.45) is 3.28. The molecule has 14 heavy (non-hydrogen) atoms. The second kappa shape index (κ2) is 8.11. The van der Waals surface area contributed by atoms with Crippen molar-refractivity contribution in [2.24, 2.45) is 0 Å². The van der Waals surface area contributed by atoms with Crippen LogP contribution in [0.5, 0.6) is 0 Å². The van der Waals surface area contributed by atoms with Crippen LogP contribution < -0.4 is 0 Å². The lowest BCUT2D eigenvalue weighted by Crippen LogP contribution is -2.03. The molecule has 4 heteroatoms. The molecule has 0 atom stereocenters. The van der Waals surface area contributed by atoms with Crippen LogP contribution in [0.4, 0.5) is 0 Å². The molecule has 0 N–H and O–H groups in total. The highest BCUT2D eigenvalue weighted by Crippen LogP contribution is 1.87. The molecule has 0 amide bonds. The predicted octanol–water partition coefficient (Wildman–Crippen LogP) is 1.24. The highest BCUT2D eigenvalue weighted by molar-refractivity contribution is 5.70. The number of hydrogen-bond acceptors (Lipinski definition) is 4. The molecule has 78 valence electrons. The van der Waals surface area contributed by atoms with Gasteiger partial charge in [-0.3, -0.25) is 9.59 Å². The summed E-state index contributed by atoms with van der Waals surface area (Å²) < 4.78 is 9.23. The zero-order chi connectivity index (χ0) is 10.8. The summed E-state index contributed by atoms with van der Waals surface area (Å²) in [7, 11) is 0. The van der Waals surface area contributed by atoms with E-state index in [0.29, 0.717) is 19.3 Å². The van der Waals surface area contributed by atoms with Crippen molar-refractivity contribution in [3.05, 3.63) is 0 Å². The fraction of sp³-hybridized carbons (Fsp3) is 0.600. The molecule has 0 fully saturated rings. The second-order valence-corrected chi connectivity index (χ2v) is 2.43. The molecule has 0 heterocycles. The number of carbonyl (C=O) groups is 2. The van der Waals surface area contributed by atoms with Gasteiger partial charge in [-0.1, -0.05) is 19.8 Å². The second-order valence-electron chi connectivity index (χ2n) is 2.43. The van der Waals surface area contributed by atoms with Gasteiger partial charge in [-0.25, -0.2) is 0 Å². The first-order chi connectivity index (χ1) is 6.70. The molecule has 0 aliphatic heterocycles. The Hall–Kier alpha value is -1.50. The van der Waals surface area contributed by atoms with E-state index in [0.717, 1.165) is 0 Å². The van der Waals surface area contributed by atoms with Crippen molar-refractivity contribution in [1.82, 2.24) is 0 Å². The standard InChI is InChI=1S/C10H14O4/c1-3-9(11)13-7-5-6-8-14-10(12)4-2/h3-5,7H2,1-2H3. The topological polar surface area (TPSA) is 52.6 Å². The molecule has 0 spiro atoms. The predicted molar refractivity (Wildman–Crippen MR) is 50.0 cm³/mol. The zero-order valence-corrected chi connectivity index (χ0v) is 8.46. The Morgan fingerprint density at radius 2 is 1.79 bits per heavy atom. The van der Waals surface area contributed by atoms with E-state index >= 15 is 0 Å². The van der Waals surface area contributed by atoms with E-state index in [1.54, 1.807) is 13.8 Å². The van der Waals surface area contributed by atoms with Gasteiger partial charge in [0.2, 0.25) is 0 Å². The van der Waals surface area contributed by atoms with E-state index in [2.05, 4.69) is 16.8 Å². The molecule has 0 aliphatic carbocycles. The van der Waals surface area contributed by atoms with E-state index in [1.165, 1.54) is 0 Å². The summed E-state index contributed by atoms with van der Waals surface area (Å²) >= 11 is 0. The third-order valence-electron chi connectivity index (χ3n) is 1.30. The first kappa shape index (κ1) is 12.5. The van der Waals surface area contributed by atoms with Crippen LogP contribution in [0.1, 0.15) is 33.1 Å². The van der Waals surface area contributed by atoms with Crippen LogP contribution in [-0.4, -0.2) is 18.5 Å². The molecule has 4 nitrogen and oxygen atoms in total. The van der Waals surface area contributed by atoms with Crippen molar-refractivity contribution in [3.8, 4) is 12.0 Å². The van der Waals surface area contributed by atoms with Gasteiger partial charge in [0.1, 0.15) is 12.7 Å². The van der Waals surface area contributed by atoms with E-state index in [-0.39, 0.29) is 18.5 Å². The number of hydrogen-bond donors (Lipinski definition) is 0. The van der Waals surface area contributed by atoms with Gasteiger partial charge < -0.3 is 9.47 Å². The van der Waals surface area contributed by atoms with Crippen LogP contribution in [0.2, 0.25) is 0 Å². The largest absolute Gasteiger partial charge is 0.465 e. The van der Waals surface area contributed by atoms with Crippen LogP contribution in [0.25, 0.3) is 0 Å². The van der Waals surface area contributed by atoms with Crippen LogP contribution in [0.15, 0.2) is 0 Å². The third kappa shape index (κ3) is 7.17. The van der Waals surface area contributed by atoms with E-state index in [4.69, 9.17) is 4.74 Å². The molecule has 0 aliphatic rings. The Labute approximate surface area is 83.6 Å². The van der Waals surface area contributed by atoms with Gasteiger partial charge in [0, 0.05) is 19.3 Å². The maximum atomic E-state index is 10.6. The number of rotatable bonds is 4. The average molecular weight is 198 g/mol. The molecule has 0 radical (unpaired) electrons. The molecule has 0 saturated heterocycles. The Morgan fingerprint density at radius 1 is 1.14 bits per heavy atom. The molecule has 0 unspecified atom stereocenters. The van der Waals surface area contributed by atoms with E-state index in [1.807, 2.05) is 0 Å². The maximum absolute atomic E-state index is 10.6. The Morgan fingerprint density at radius 3 is 2.36 bits per heavy atom. The lowest BCUT2D eigenvalue weighted by molar-refractivity contribution is -0.143. The minimum absolute atomic E-state index is 0.239. The Bertz CT molecular complexity index is 247. The monoisotopic (exact) mass is 198 g/mol. The minimum Gasteiger partial charge on any atom is -0.465 e. The molecular formula is C10H14O4. The van der Waals surface area contributed by atoms with Crippen LogP contribution in [0, 0.1) is 12.0 Å². The summed E-state index contributed by atoms with van der Waals surface area (Å²) in [5.41, 5.74) is 0. The van der Waals surface area contributed by atoms with Gasteiger partial charge >= 0.3 is 11.9 Å². The lowest BCUT2D eigenvalue weighted by Gasteiger charge is -1.97. The number of ether oxygens (including phenoxy) is 2. The molecule has 0 rings (SSSR count). The maximum Gasteiger partial charge on any atom is 0.319 e.